The van der Waals surface area contributed by atoms with Crippen molar-refractivity contribution in [2.75, 3.05) is 16.0 Å². The third-order valence-corrected chi connectivity index (χ3v) is 6.77. The van der Waals surface area contributed by atoms with E-state index < -0.39 is 11.8 Å². The number of aliphatic imine (C=N–C) groups is 1. The number of nitrogens with zero attached hydrogens (tertiary/aromatic N) is 1. The second-order valence-corrected chi connectivity index (χ2v) is 9.71. The van der Waals surface area contributed by atoms with Gasteiger partial charge in [-0.2, -0.15) is 0 Å². The van der Waals surface area contributed by atoms with Crippen LogP contribution in [0.4, 0.5) is 11.4 Å². The lowest BCUT2D eigenvalue weighted by atomic mass is 9.97. The van der Waals surface area contributed by atoms with Crippen LogP contribution in [-0.4, -0.2) is 33.3 Å². The van der Waals surface area contributed by atoms with Crippen molar-refractivity contribution in [3.63, 3.8) is 0 Å². The Bertz CT molecular complexity index is 1510. The third kappa shape index (κ3) is 6.46. The molecule has 0 aliphatic carbocycles. The van der Waals surface area contributed by atoms with Crippen molar-refractivity contribution in [3.8, 4) is 17.6 Å². The van der Waals surface area contributed by atoms with E-state index in [4.69, 9.17) is 16.6 Å². The molecular weight excluding hydrogens is 566 g/mol. The van der Waals surface area contributed by atoms with Crippen molar-refractivity contribution in [1.29, 1.82) is 0 Å². The van der Waals surface area contributed by atoms with E-state index in [0.717, 1.165) is 22.9 Å². The van der Waals surface area contributed by atoms with Crippen LogP contribution in [0.25, 0.3) is 0 Å². The molecule has 0 fully saturated rings. The maximum Gasteiger partial charge on any atom is 0.291 e. The first kappa shape index (κ1) is 27.0. The summed E-state index contributed by atoms with van der Waals surface area (Å²) in [5, 5.41) is 16.9. The molecule has 2 aromatic carbocycles. The number of phenolic OH excluding ortho intramolecular Hbond substituents is 1. The Morgan fingerprint density at radius 3 is 2.74 bits per heavy atom. The van der Waals surface area contributed by atoms with Crippen LogP contribution in [0.15, 0.2) is 76.0 Å². The van der Waals surface area contributed by atoms with E-state index in [1.807, 2.05) is 6.07 Å². The van der Waals surface area contributed by atoms with E-state index in [1.54, 1.807) is 55.6 Å². The van der Waals surface area contributed by atoms with E-state index >= 15 is 0 Å². The lowest BCUT2D eigenvalue weighted by Gasteiger charge is -2.16. The minimum atomic E-state index is -0.557. The molecule has 3 N–H and O–H groups in total. The predicted molar refractivity (Wildman–Crippen MR) is 156 cm³/mol. The van der Waals surface area contributed by atoms with Crippen LogP contribution in [0.5, 0.6) is 5.75 Å². The van der Waals surface area contributed by atoms with E-state index in [9.17, 15) is 14.7 Å². The second-order valence-electron chi connectivity index (χ2n) is 8.48. The summed E-state index contributed by atoms with van der Waals surface area (Å²) < 4.78 is 5.24. The lowest BCUT2D eigenvalue weighted by molar-refractivity contribution is -0.112. The lowest BCUT2D eigenvalue weighted by Crippen LogP contribution is -2.26. The van der Waals surface area contributed by atoms with Gasteiger partial charge in [-0.05, 0) is 55.7 Å². The van der Waals surface area contributed by atoms with Crippen LogP contribution in [0.3, 0.4) is 0 Å². The number of alkyl halides is 1. The normalized spacial score (nSPS) is 14.3. The van der Waals surface area contributed by atoms with Crippen molar-refractivity contribution < 1.29 is 19.1 Å². The molecular formula is C29H24BrN3O4S. The Morgan fingerprint density at radius 2 is 1.97 bits per heavy atom. The van der Waals surface area contributed by atoms with Crippen LogP contribution in [0.1, 0.15) is 33.7 Å². The number of halogens is 1. The molecule has 0 saturated heterocycles. The molecule has 2 amide bonds. The van der Waals surface area contributed by atoms with E-state index in [2.05, 4.69) is 43.4 Å². The van der Waals surface area contributed by atoms with Gasteiger partial charge in [-0.3, -0.25) is 14.6 Å². The van der Waals surface area contributed by atoms with Gasteiger partial charge in [0.25, 0.3) is 11.8 Å². The fourth-order valence-corrected chi connectivity index (χ4v) is 4.29. The number of rotatable bonds is 7. The number of phenols is 1. The van der Waals surface area contributed by atoms with Crippen LogP contribution in [0, 0.1) is 24.7 Å². The number of thiocarbonyl (C=S) groups is 1. The standard InChI is InChI=1S/C29H24BrN3O4S/c1-18-12-14-37-26(18)29(36)32-22-8-2-5-19(15-22)10-11-21-16-31-17-23(27(21)38)28(35)33-24-9-3-6-20(25(24)34)7-4-13-30/h2-3,5-6,8-9,12,14-17,21,34H,4,7,13H2,1H3,(H,32,36)(H,33,35). The number of aryl methyl sites for hydroxylation is 2. The summed E-state index contributed by atoms with van der Waals surface area (Å²) in [6.07, 6.45) is 5.98. The number of furan rings is 1. The largest absolute Gasteiger partial charge is 0.505 e. The molecule has 4 rings (SSSR count). The van der Waals surface area contributed by atoms with Gasteiger partial charge in [-0.25, -0.2) is 0 Å². The Kier molecular flexibility index (Phi) is 8.89. The monoisotopic (exact) mass is 589 g/mol. The van der Waals surface area contributed by atoms with Gasteiger partial charge in [0.05, 0.1) is 23.4 Å². The summed E-state index contributed by atoms with van der Waals surface area (Å²) in [7, 11) is 0. The second kappa shape index (κ2) is 12.5. The highest BCUT2D eigenvalue weighted by Crippen LogP contribution is 2.29. The number of aromatic hydroxyl groups is 1. The van der Waals surface area contributed by atoms with Gasteiger partial charge < -0.3 is 20.2 Å². The Labute approximate surface area is 234 Å². The molecule has 1 aliphatic heterocycles. The summed E-state index contributed by atoms with van der Waals surface area (Å²) in [5.74, 6) is 5.01. The summed E-state index contributed by atoms with van der Waals surface area (Å²) in [6, 6.07) is 14.0. The number of hydrogen-bond acceptors (Lipinski definition) is 6. The van der Waals surface area contributed by atoms with Gasteiger partial charge in [-0.15, -0.1) is 0 Å². The number of para-hydroxylation sites is 1. The number of anilines is 2. The van der Waals surface area contributed by atoms with Crippen molar-refractivity contribution in [3.05, 3.63) is 89.0 Å². The number of nitrogens with one attached hydrogen (secondary N) is 2. The van der Waals surface area contributed by atoms with E-state index in [1.165, 1.54) is 12.5 Å². The van der Waals surface area contributed by atoms with Crippen LogP contribution in [0.2, 0.25) is 0 Å². The smallest absolute Gasteiger partial charge is 0.291 e. The average Bonchev–Trinajstić information content (AvgIpc) is 3.34. The van der Waals surface area contributed by atoms with Gasteiger partial charge >= 0.3 is 0 Å². The zero-order valence-electron chi connectivity index (χ0n) is 20.5. The van der Waals surface area contributed by atoms with Crippen molar-refractivity contribution in [2.45, 2.75) is 19.8 Å². The third-order valence-electron chi connectivity index (χ3n) is 5.74. The molecule has 3 aromatic rings. The molecule has 0 spiro atoms. The zero-order chi connectivity index (χ0) is 27.1. The van der Waals surface area contributed by atoms with Crippen LogP contribution >= 0.6 is 28.1 Å². The fourth-order valence-electron chi connectivity index (χ4n) is 3.75. The molecule has 7 nitrogen and oxygen atoms in total. The number of hydrogen-bond donors (Lipinski definition) is 3. The zero-order valence-corrected chi connectivity index (χ0v) is 22.9. The highest BCUT2D eigenvalue weighted by atomic mass is 79.9. The molecule has 0 radical (unpaired) electrons. The van der Waals surface area contributed by atoms with Crippen molar-refractivity contribution >= 4 is 62.4 Å². The Morgan fingerprint density at radius 1 is 1.16 bits per heavy atom. The van der Waals surface area contributed by atoms with Crippen molar-refractivity contribution in [2.24, 2.45) is 10.9 Å². The minimum absolute atomic E-state index is 0.0400. The van der Waals surface area contributed by atoms with Gasteiger partial charge in [0.15, 0.2) is 5.76 Å². The van der Waals surface area contributed by atoms with Gasteiger partial charge in [0, 0.05) is 39.4 Å². The Hall–Kier alpha value is -4.00. The number of benzene rings is 2. The molecule has 0 bridgehead atoms. The van der Waals surface area contributed by atoms with Crippen molar-refractivity contribution in [1.82, 2.24) is 0 Å². The molecule has 0 saturated carbocycles. The first-order valence-electron chi connectivity index (χ1n) is 11.8. The molecule has 192 valence electrons. The van der Waals surface area contributed by atoms with Gasteiger partial charge in [-0.1, -0.05) is 58.2 Å². The summed E-state index contributed by atoms with van der Waals surface area (Å²) in [5.41, 5.74) is 3.24. The topological polar surface area (TPSA) is 104 Å². The summed E-state index contributed by atoms with van der Waals surface area (Å²) >= 11 is 8.94. The number of carbonyl (C=O) groups is 2. The molecule has 1 aliphatic rings. The number of amides is 2. The molecule has 9 heteroatoms. The first-order valence-corrected chi connectivity index (χ1v) is 13.3. The average molecular weight is 590 g/mol. The van der Waals surface area contributed by atoms with Gasteiger partial charge in [0.2, 0.25) is 0 Å². The Balaban J connectivity index is 1.44. The maximum atomic E-state index is 13.0. The number of carbonyl (C=O) groups excluding carboxylic acids is 2. The van der Waals surface area contributed by atoms with Gasteiger partial charge in [0.1, 0.15) is 5.75 Å². The SMILES string of the molecule is Cc1ccoc1C(=O)Nc1cccc(C#CC2C=NC=C(C(=O)Nc3cccc(CCCBr)c3O)C2=S)c1. The minimum Gasteiger partial charge on any atom is -0.505 e. The molecule has 1 unspecified atom stereocenters. The molecule has 1 aromatic heterocycles. The molecule has 2 heterocycles. The fraction of sp³-hybridized carbons (Fsp3) is 0.172. The van der Waals surface area contributed by atoms with E-state index in [0.29, 0.717) is 28.2 Å². The molecule has 38 heavy (non-hydrogen) atoms. The first-order chi connectivity index (χ1) is 18.4. The van der Waals surface area contributed by atoms with Crippen LogP contribution in [-0.2, 0) is 11.2 Å². The quantitative estimate of drug-likeness (QED) is 0.139. The van der Waals surface area contributed by atoms with Crippen LogP contribution < -0.4 is 10.6 Å². The highest BCUT2D eigenvalue weighted by molar-refractivity contribution is 9.09. The summed E-state index contributed by atoms with van der Waals surface area (Å²) in [4.78, 5) is 29.9. The predicted octanol–water partition coefficient (Wildman–Crippen LogP) is 5.82. The maximum absolute atomic E-state index is 13.0. The van der Waals surface area contributed by atoms with E-state index in [-0.39, 0.29) is 23.0 Å². The summed E-state index contributed by atoms with van der Waals surface area (Å²) in [6.45, 7) is 1.80. The highest BCUT2D eigenvalue weighted by Gasteiger charge is 2.24. The molecule has 1 atom stereocenters.